The monoisotopic (exact) mass is 291 g/mol. The second kappa shape index (κ2) is 4.78. The summed E-state index contributed by atoms with van der Waals surface area (Å²) < 4.78 is 37.7. The van der Waals surface area contributed by atoms with E-state index in [0.717, 1.165) is 6.07 Å². The zero-order valence-electron chi connectivity index (χ0n) is 8.80. The first kappa shape index (κ1) is 13.2. The summed E-state index contributed by atoms with van der Waals surface area (Å²) in [6, 6.07) is 7.30. The minimum absolute atomic E-state index is 0.0188. The van der Waals surface area contributed by atoms with E-state index in [-0.39, 0.29) is 10.7 Å². The molecular formula is C12H6Cl2F3N. The number of aromatic nitrogens is 1. The Morgan fingerprint density at radius 2 is 1.61 bits per heavy atom. The number of pyridine rings is 1. The van der Waals surface area contributed by atoms with Crippen molar-refractivity contribution in [3.8, 4) is 11.1 Å². The lowest BCUT2D eigenvalue weighted by atomic mass is 10.1. The van der Waals surface area contributed by atoms with Crippen molar-refractivity contribution in [2.45, 2.75) is 6.18 Å². The molecule has 0 amide bonds. The molecule has 0 atom stereocenters. The molecule has 0 unspecified atom stereocenters. The zero-order valence-corrected chi connectivity index (χ0v) is 10.3. The van der Waals surface area contributed by atoms with Crippen molar-refractivity contribution in [3.05, 3.63) is 52.3 Å². The van der Waals surface area contributed by atoms with Crippen molar-refractivity contribution in [1.29, 1.82) is 0 Å². The van der Waals surface area contributed by atoms with Gasteiger partial charge in [0.05, 0.1) is 5.56 Å². The van der Waals surface area contributed by atoms with Crippen LogP contribution in [0.2, 0.25) is 10.2 Å². The molecule has 2 rings (SSSR count). The van der Waals surface area contributed by atoms with Crippen LogP contribution in [0.25, 0.3) is 11.1 Å². The van der Waals surface area contributed by atoms with Crippen molar-refractivity contribution in [2.24, 2.45) is 0 Å². The molecule has 0 aliphatic carbocycles. The summed E-state index contributed by atoms with van der Waals surface area (Å²) in [5, 5.41) is 0.514. The molecule has 1 aromatic heterocycles. The van der Waals surface area contributed by atoms with Crippen LogP contribution >= 0.6 is 23.2 Å². The van der Waals surface area contributed by atoms with Gasteiger partial charge in [-0.15, -0.1) is 0 Å². The molecule has 18 heavy (non-hydrogen) atoms. The predicted octanol–water partition coefficient (Wildman–Crippen LogP) is 5.07. The van der Waals surface area contributed by atoms with Gasteiger partial charge in [0.1, 0.15) is 5.15 Å². The SMILES string of the molecule is FC(F)(F)c1cnc(Cl)c(-c2ccc(Cl)cc2)c1. The van der Waals surface area contributed by atoms with Crippen molar-refractivity contribution in [2.75, 3.05) is 0 Å². The molecule has 1 heterocycles. The van der Waals surface area contributed by atoms with Crippen molar-refractivity contribution in [3.63, 3.8) is 0 Å². The molecule has 94 valence electrons. The summed E-state index contributed by atoms with van der Waals surface area (Å²) in [6.07, 6.45) is -3.74. The van der Waals surface area contributed by atoms with E-state index in [9.17, 15) is 13.2 Å². The summed E-state index contributed by atoms with van der Waals surface area (Å²) in [6.45, 7) is 0. The summed E-state index contributed by atoms with van der Waals surface area (Å²) in [5.41, 5.74) is -0.0805. The van der Waals surface area contributed by atoms with Crippen LogP contribution in [0.4, 0.5) is 13.2 Å². The van der Waals surface area contributed by atoms with Gasteiger partial charge in [-0.25, -0.2) is 4.98 Å². The third-order valence-corrected chi connectivity index (χ3v) is 2.87. The van der Waals surface area contributed by atoms with Crippen LogP contribution in [0, 0.1) is 0 Å². The molecule has 2 aromatic rings. The molecule has 0 aliphatic rings. The van der Waals surface area contributed by atoms with E-state index in [1.54, 1.807) is 24.3 Å². The first-order chi connectivity index (χ1) is 8.38. The number of rotatable bonds is 1. The highest BCUT2D eigenvalue weighted by Gasteiger charge is 2.31. The maximum atomic E-state index is 12.6. The number of hydrogen-bond acceptors (Lipinski definition) is 1. The fraction of sp³-hybridized carbons (Fsp3) is 0.0833. The molecule has 0 saturated carbocycles. The topological polar surface area (TPSA) is 12.9 Å². The molecular weight excluding hydrogens is 286 g/mol. The van der Waals surface area contributed by atoms with Crippen LogP contribution in [0.15, 0.2) is 36.5 Å². The highest BCUT2D eigenvalue weighted by Crippen LogP contribution is 2.34. The first-order valence-electron chi connectivity index (χ1n) is 4.86. The molecule has 0 fully saturated rings. The smallest absolute Gasteiger partial charge is 0.243 e. The number of alkyl halides is 3. The van der Waals surface area contributed by atoms with E-state index in [2.05, 4.69) is 4.98 Å². The molecule has 1 aromatic carbocycles. The maximum Gasteiger partial charge on any atom is 0.417 e. The van der Waals surface area contributed by atoms with Gasteiger partial charge < -0.3 is 0 Å². The minimum atomic E-state index is -4.45. The Bertz CT molecular complexity index is 565. The van der Waals surface area contributed by atoms with Crippen LogP contribution in [-0.4, -0.2) is 4.98 Å². The Morgan fingerprint density at radius 1 is 1.00 bits per heavy atom. The van der Waals surface area contributed by atoms with Gasteiger partial charge in [0.25, 0.3) is 0 Å². The van der Waals surface area contributed by atoms with Gasteiger partial charge in [0.2, 0.25) is 0 Å². The van der Waals surface area contributed by atoms with Gasteiger partial charge in [-0.05, 0) is 23.8 Å². The molecule has 0 spiro atoms. The average molecular weight is 292 g/mol. The normalized spacial score (nSPS) is 11.6. The average Bonchev–Trinajstić information content (AvgIpc) is 2.29. The van der Waals surface area contributed by atoms with E-state index in [1.807, 2.05) is 0 Å². The second-order valence-electron chi connectivity index (χ2n) is 3.57. The van der Waals surface area contributed by atoms with Gasteiger partial charge in [-0.3, -0.25) is 0 Å². The Hall–Kier alpha value is -1.26. The lowest BCUT2D eigenvalue weighted by Gasteiger charge is -2.09. The van der Waals surface area contributed by atoms with Crippen molar-refractivity contribution in [1.82, 2.24) is 4.98 Å². The van der Waals surface area contributed by atoms with Gasteiger partial charge in [0, 0.05) is 16.8 Å². The number of benzene rings is 1. The number of nitrogens with zero attached hydrogens (tertiary/aromatic N) is 1. The van der Waals surface area contributed by atoms with E-state index in [4.69, 9.17) is 23.2 Å². The summed E-state index contributed by atoms with van der Waals surface area (Å²) in [7, 11) is 0. The van der Waals surface area contributed by atoms with Crippen LogP contribution in [-0.2, 0) is 6.18 Å². The Labute approximate surface area is 111 Å². The van der Waals surface area contributed by atoms with Gasteiger partial charge in [0.15, 0.2) is 0 Å². The van der Waals surface area contributed by atoms with Gasteiger partial charge >= 0.3 is 6.18 Å². The Kier molecular flexibility index (Phi) is 3.50. The summed E-state index contributed by atoms with van der Waals surface area (Å²) in [5.74, 6) is 0. The second-order valence-corrected chi connectivity index (χ2v) is 4.36. The van der Waals surface area contributed by atoms with Crippen LogP contribution < -0.4 is 0 Å². The highest BCUT2D eigenvalue weighted by molar-refractivity contribution is 6.32. The molecule has 0 radical (unpaired) electrons. The molecule has 0 N–H and O–H groups in total. The summed E-state index contributed by atoms with van der Waals surface area (Å²) >= 11 is 11.5. The first-order valence-corrected chi connectivity index (χ1v) is 5.62. The van der Waals surface area contributed by atoms with Crippen LogP contribution in [0.3, 0.4) is 0 Å². The van der Waals surface area contributed by atoms with Crippen LogP contribution in [0.1, 0.15) is 5.56 Å². The van der Waals surface area contributed by atoms with Crippen molar-refractivity contribution >= 4 is 23.2 Å². The third kappa shape index (κ3) is 2.76. The lowest BCUT2D eigenvalue weighted by Crippen LogP contribution is -2.05. The Balaban J connectivity index is 2.53. The summed E-state index contributed by atoms with van der Waals surface area (Å²) in [4.78, 5) is 3.56. The fourth-order valence-electron chi connectivity index (χ4n) is 1.43. The maximum absolute atomic E-state index is 12.6. The minimum Gasteiger partial charge on any atom is -0.243 e. The third-order valence-electron chi connectivity index (χ3n) is 2.32. The molecule has 1 nitrogen and oxygen atoms in total. The fourth-order valence-corrected chi connectivity index (χ4v) is 1.77. The van der Waals surface area contributed by atoms with Crippen molar-refractivity contribution < 1.29 is 13.2 Å². The van der Waals surface area contributed by atoms with E-state index < -0.39 is 11.7 Å². The predicted molar refractivity (Wildman–Crippen MR) is 64.7 cm³/mol. The highest BCUT2D eigenvalue weighted by atomic mass is 35.5. The standard InChI is InChI=1S/C12H6Cl2F3N/c13-9-3-1-7(2-4-9)10-5-8(12(15,16)17)6-18-11(10)14/h1-6H. The van der Waals surface area contributed by atoms with Gasteiger partial charge in [-0.1, -0.05) is 35.3 Å². The number of halogens is 5. The quantitative estimate of drug-likeness (QED) is 0.668. The Morgan fingerprint density at radius 3 is 2.17 bits per heavy atom. The molecule has 6 heteroatoms. The molecule has 0 aliphatic heterocycles. The number of hydrogen-bond donors (Lipinski definition) is 0. The molecule has 0 saturated heterocycles. The lowest BCUT2D eigenvalue weighted by molar-refractivity contribution is -0.137. The van der Waals surface area contributed by atoms with Gasteiger partial charge in [-0.2, -0.15) is 13.2 Å². The largest absolute Gasteiger partial charge is 0.417 e. The molecule has 0 bridgehead atoms. The van der Waals surface area contributed by atoms with E-state index in [0.29, 0.717) is 16.8 Å². The zero-order chi connectivity index (χ0) is 13.3. The van der Waals surface area contributed by atoms with Crippen LogP contribution in [0.5, 0.6) is 0 Å². The van der Waals surface area contributed by atoms with E-state index >= 15 is 0 Å². The van der Waals surface area contributed by atoms with E-state index in [1.165, 1.54) is 0 Å².